The molecule has 1 amide bonds. The van der Waals surface area contributed by atoms with E-state index >= 15 is 0 Å². The number of aliphatic hydroxyl groups excluding tert-OH is 1. The van der Waals surface area contributed by atoms with Crippen LogP contribution < -0.4 is 0 Å². The molecule has 1 N–H and O–H groups in total. The topological polar surface area (TPSA) is 40.5 Å². The van der Waals surface area contributed by atoms with E-state index in [9.17, 15) is 4.79 Å². The summed E-state index contributed by atoms with van der Waals surface area (Å²) in [5.74, 6) is 0.318. The Morgan fingerprint density at radius 1 is 1.32 bits per heavy atom. The molecular formula is C16H23NO2. The standard InChI is InChI=1S/C16H23NO2/c1-12(2)17(8-5-9-18)16(19)15-10-13-6-3-4-7-14(13)11-15/h3-4,6-7,12,15,18H,5,8-11H2,1-2H3. The van der Waals surface area contributed by atoms with Crippen LogP contribution >= 0.6 is 0 Å². The Morgan fingerprint density at radius 2 is 1.89 bits per heavy atom. The lowest BCUT2D eigenvalue weighted by Crippen LogP contribution is -2.42. The van der Waals surface area contributed by atoms with Gasteiger partial charge in [0.25, 0.3) is 0 Å². The number of nitrogens with zero attached hydrogens (tertiary/aromatic N) is 1. The van der Waals surface area contributed by atoms with Crippen LogP contribution in [0, 0.1) is 5.92 Å². The van der Waals surface area contributed by atoms with E-state index in [1.54, 1.807) is 0 Å². The van der Waals surface area contributed by atoms with Gasteiger partial charge in [-0.1, -0.05) is 24.3 Å². The Labute approximate surface area is 115 Å². The summed E-state index contributed by atoms with van der Waals surface area (Å²) >= 11 is 0. The number of rotatable bonds is 5. The van der Waals surface area contributed by atoms with Gasteiger partial charge in [0.05, 0.1) is 0 Å². The Hall–Kier alpha value is -1.35. The van der Waals surface area contributed by atoms with Crippen molar-refractivity contribution in [1.82, 2.24) is 4.90 Å². The molecule has 19 heavy (non-hydrogen) atoms. The first-order valence-electron chi connectivity index (χ1n) is 7.11. The average Bonchev–Trinajstić information content (AvgIpc) is 2.82. The van der Waals surface area contributed by atoms with E-state index in [4.69, 9.17) is 5.11 Å². The zero-order valence-corrected chi connectivity index (χ0v) is 11.8. The van der Waals surface area contributed by atoms with Crippen molar-refractivity contribution in [3.63, 3.8) is 0 Å². The van der Waals surface area contributed by atoms with E-state index in [1.165, 1.54) is 11.1 Å². The molecule has 2 rings (SSSR count). The lowest BCUT2D eigenvalue weighted by molar-refractivity contribution is -0.137. The largest absolute Gasteiger partial charge is 0.396 e. The van der Waals surface area contributed by atoms with Crippen molar-refractivity contribution < 1.29 is 9.90 Å². The molecule has 0 saturated carbocycles. The van der Waals surface area contributed by atoms with Crippen LogP contribution in [0.1, 0.15) is 31.4 Å². The summed E-state index contributed by atoms with van der Waals surface area (Å²) in [4.78, 5) is 14.5. The molecule has 0 radical (unpaired) electrons. The quantitative estimate of drug-likeness (QED) is 0.881. The van der Waals surface area contributed by atoms with Gasteiger partial charge in [-0.25, -0.2) is 0 Å². The minimum atomic E-state index is 0.0819. The molecule has 0 atom stereocenters. The fourth-order valence-corrected chi connectivity index (χ4v) is 2.83. The molecule has 1 aromatic rings. The molecule has 104 valence electrons. The summed E-state index contributed by atoms with van der Waals surface area (Å²) in [6.45, 7) is 4.87. The molecule has 3 nitrogen and oxygen atoms in total. The first-order chi connectivity index (χ1) is 9.13. The van der Waals surface area contributed by atoms with Crippen LogP contribution in [-0.4, -0.2) is 35.1 Å². The van der Waals surface area contributed by atoms with Crippen molar-refractivity contribution in [2.45, 2.75) is 39.2 Å². The Kier molecular flexibility index (Phi) is 4.59. The smallest absolute Gasteiger partial charge is 0.226 e. The molecular weight excluding hydrogens is 238 g/mol. The summed E-state index contributed by atoms with van der Waals surface area (Å²) in [5.41, 5.74) is 2.62. The predicted octanol–water partition coefficient (Wildman–Crippen LogP) is 2.02. The van der Waals surface area contributed by atoms with Crippen molar-refractivity contribution in [2.24, 2.45) is 5.92 Å². The molecule has 1 aliphatic rings. The molecule has 0 aliphatic heterocycles. The fraction of sp³-hybridized carbons (Fsp3) is 0.562. The maximum absolute atomic E-state index is 12.6. The molecule has 0 unspecified atom stereocenters. The average molecular weight is 261 g/mol. The summed E-state index contributed by atoms with van der Waals surface area (Å²) in [6.07, 6.45) is 2.37. The zero-order valence-electron chi connectivity index (χ0n) is 11.8. The lowest BCUT2D eigenvalue weighted by Gasteiger charge is -2.29. The van der Waals surface area contributed by atoms with Crippen molar-refractivity contribution in [1.29, 1.82) is 0 Å². The number of hydrogen-bond acceptors (Lipinski definition) is 2. The summed E-state index contributed by atoms with van der Waals surface area (Å²) in [7, 11) is 0. The van der Waals surface area contributed by atoms with Crippen molar-refractivity contribution >= 4 is 5.91 Å². The van der Waals surface area contributed by atoms with Crippen LogP contribution in [0.15, 0.2) is 24.3 Å². The van der Waals surface area contributed by atoms with Gasteiger partial charge in [0.15, 0.2) is 0 Å². The summed E-state index contributed by atoms with van der Waals surface area (Å²) in [6, 6.07) is 8.52. The van der Waals surface area contributed by atoms with Crippen molar-refractivity contribution in [3.8, 4) is 0 Å². The third kappa shape index (κ3) is 3.16. The van der Waals surface area contributed by atoms with E-state index in [1.807, 2.05) is 30.9 Å². The minimum absolute atomic E-state index is 0.0819. The van der Waals surface area contributed by atoms with Gasteiger partial charge in [-0.2, -0.15) is 0 Å². The molecule has 0 heterocycles. The molecule has 1 aromatic carbocycles. The molecule has 3 heteroatoms. The van der Waals surface area contributed by atoms with Crippen LogP contribution in [0.25, 0.3) is 0 Å². The predicted molar refractivity (Wildman–Crippen MR) is 75.9 cm³/mol. The van der Waals surface area contributed by atoms with Crippen LogP contribution in [0.2, 0.25) is 0 Å². The molecule has 0 bridgehead atoms. The van der Waals surface area contributed by atoms with Gasteiger partial charge in [-0.15, -0.1) is 0 Å². The van der Waals surface area contributed by atoms with Gasteiger partial charge in [0, 0.05) is 25.1 Å². The van der Waals surface area contributed by atoms with Crippen LogP contribution in [0.5, 0.6) is 0 Å². The lowest BCUT2D eigenvalue weighted by atomic mass is 10.0. The van der Waals surface area contributed by atoms with Gasteiger partial charge in [0.1, 0.15) is 0 Å². The first kappa shape index (κ1) is 14.1. The molecule has 0 aromatic heterocycles. The normalized spacial score (nSPS) is 14.7. The maximum Gasteiger partial charge on any atom is 0.226 e. The van der Waals surface area contributed by atoms with Gasteiger partial charge in [-0.05, 0) is 44.2 Å². The second-order valence-corrected chi connectivity index (χ2v) is 5.58. The molecule has 0 spiro atoms. The monoisotopic (exact) mass is 261 g/mol. The third-order valence-electron chi connectivity index (χ3n) is 3.86. The van der Waals surface area contributed by atoms with Crippen LogP contribution in [-0.2, 0) is 17.6 Å². The molecule has 0 saturated heterocycles. The number of carbonyl (C=O) groups excluding carboxylic acids is 1. The van der Waals surface area contributed by atoms with Gasteiger partial charge >= 0.3 is 0 Å². The Bertz CT molecular complexity index is 417. The second kappa shape index (κ2) is 6.20. The first-order valence-corrected chi connectivity index (χ1v) is 7.11. The van der Waals surface area contributed by atoms with E-state index < -0.39 is 0 Å². The number of fused-ring (bicyclic) bond motifs is 1. The van der Waals surface area contributed by atoms with E-state index in [0.29, 0.717) is 13.0 Å². The van der Waals surface area contributed by atoms with E-state index in [0.717, 1.165) is 12.8 Å². The van der Waals surface area contributed by atoms with Gasteiger partial charge in [-0.3, -0.25) is 4.79 Å². The number of benzene rings is 1. The molecule has 1 aliphatic carbocycles. The highest BCUT2D eigenvalue weighted by molar-refractivity contribution is 5.80. The Morgan fingerprint density at radius 3 is 2.37 bits per heavy atom. The number of aliphatic hydroxyl groups is 1. The maximum atomic E-state index is 12.6. The molecule has 0 fully saturated rings. The van der Waals surface area contributed by atoms with Crippen molar-refractivity contribution in [2.75, 3.05) is 13.2 Å². The Balaban J connectivity index is 2.04. The number of amides is 1. The van der Waals surface area contributed by atoms with E-state index in [-0.39, 0.29) is 24.5 Å². The zero-order chi connectivity index (χ0) is 13.8. The van der Waals surface area contributed by atoms with Crippen molar-refractivity contribution in [3.05, 3.63) is 35.4 Å². The highest BCUT2D eigenvalue weighted by atomic mass is 16.3. The number of hydrogen-bond donors (Lipinski definition) is 1. The van der Waals surface area contributed by atoms with Gasteiger partial charge in [0.2, 0.25) is 5.91 Å². The van der Waals surface area contributed by atoms with Crippen LogP contribution in [0.3, 0.4) is 0 Å². The third-order valence-corrected chi connectivity index (χ3v) is 3.86. The highest BCUT2D eigenvalue weighted by Crippen LogP contribution is 2.28. The summed E-state index contributed by atoms with van der Waals surface area (Å²) < 4.78 is 0. The minimum Gasteiger partial charge on any atom is -0.396 e. The van der Waals surface area contributed by atoms with Crippen LogP contribution in [0.4, 0.5) is 0 Å². The van der Waals surface area contributed by atoms with Gasteiger partial charge < -0.3 is 10.0 Å². The summed E-state index contributed by atoms with van der Waals surface area (Å²) in [5, 5.41) is 8.95. The second-order valence-electron chi connectivity index (χ2n) is 5.58. The SMILES string of the molecule is CC(C)N(CCCO)C(=O)C1Cc2ccccc2C1. The number of carbonyl (C=O) groups is 1. The van der Waals surface area contributed by atoms with E-state index in [2.05, 4.69) is 12.1 Å². The highest BCUT2D eigenvalue weighted by Gasteiger charge is 2.31. The fourth-order valence-electron chi connectivity index (χ4n) is 2.83.